The highest BCUT2D eigenvalue weighted by Crippen LogP contribution is 2.49. The molecule has 1 unspecified atom stereocenters. The van der Waals surface area contributed by atoms with Crippen molar-refractivity contribution in [1.82, 2.24) is 0 Å². The van der Waals surface area contributed by atoms with E-state index in [9.17, 15) is 9.59 Å². The molecule has 3 nitrogen and oxygen atoms in total. The Balaban J connectivity index is 2.23. The molecule has 70 valence electrons. The predicted molar refractivity (Wildman–Crippen MR) is 46.4 cm³/mol. The zero-order chi connectivity index (χ0) is 9.64. The number of hydrogen-bond donors (Lipinski definition) is 0. The van der Waals surface area contributed by atoms with Gasteiger partial charge in [-0.15, -0.1) is 11.6 Å². The van der Waals surface area contributed by atoms with Crippen molar-refractivity contribution in [3.05, 3.63) is 12.2 Å². The number of alkyl halides is 1. The Labute approximate surface area is 80.7 Å². The average Bonchev–Trinajstić information content (AvgIpc) is 2.43. The van der Waals surface area contributed by atoms with Crippen LogP contribution in [-0.4, -0.2) is 22.7 Å². The van der Waals surface area contributed by atoms with Gasteiger partial charge in [0.05, 0.1) is 0 Å². The second-order valence-electron chi connectivity index (χ2n) is 3.41. The molecule has 0 N–H and O–H groups in total. The zero-order valence-corrected chi connectivity index (χ0v) is 7.88. The fourth-order valence-corrected chi connectivity index (χ4v) is 2.47. The number of Topliss-reactive ketones (excluding diaryl/α,β-unsaturated/α-hetero) is 1. The minimum absolute atomic E-state index is 0.120. The van der Waals surface area contributed by atoms with Crippen LogP contribution in [0.1, 0.15) is 13.3 Å². The molecule has 0 spiro atoms. The lowest BCUT2D eigenvalue weighted by molar-refractivity contribution is -0.179. The van der Waals surface area contributed by atoms with Crippen molar-refractivity contribution >= 4 is 23.4 Å². The fourth-order valence-electron chi connectivity index (χ4n) is 2.00. The summed E-state index contributed by atoms with van der Waals surface area (Å²) in [5.41, 5.74) is -0.946. The Hall–Kier alpha value is -0.830. The van der Waals surface area contributed by atoms with Crippen LogP contribution in [0.15, 0.2) is 12.2 Å². The summed E-state index contributed by atoms with van der Waals surface area (Å²) >= 11 is 5.78. The number of halogens is 1. The van der Waals surface area contributed by atoms with Gasteiger partial charge in [0.25, 0.3) is 0 Å². The van der Waals surface area contributed by atoms with Gasteiger partial charge in [0.2, 0.25) is 0 Å². The molecule has 0 heterocycles. The first-order valence-electron chi connectivity index (χ1n) is 4.12. The van der Waals surface area contributed by atoms with E-state index in [0.29, 0.717) is 6.42 Å². The summed E-state index contributed by atoms with van der Waals surface area (Å²) in [5.74, 6) is -0.712. The van der Waals surface area contributed by atoms with E-state index in [-0.39, 0.29) is 11.7 Å². The van der Waals surface area contributed by atoms with Crippen molar-refractivity contribution in [2.24, 2.45) is 5.92 Å². The molecule has 2 aliphatic rings. The molecule has 4 heteroatoms. The topological polar surface area (TPSA) is 43.4 Å². The largest absolute Gasteiger partial charge is 0.450 e. The van der Waals surface area contributed by atoms with E-state index in [1.807, 2.05) is 12.2 Å². The molecule has 0 amide bonds. The van der Waals surface area contributed by atoms with Crippen LogP contribution in [0, 0.1) is 5.92 Å². The van der Waals surface area contributed by atoms with E-state index in [1.165, 1.54) is 6.92 Å². The Bertz CT molecular complexity index is 310. The lowest BCUT2D eigenvalue weighted by Gasteiger charge is -2.45. The molecule has 0 aliphatic heterocycles. The number of rotatable bonds is 1. The standard InChI is InChI=1S/C9H9ClO3/c1-5(11)13-9-4-2-3-6(9)7(10)8(9)12/h2-3,6-7H,4H2,1H3/t6?,7-,9-/m1/s1. The first-order chi connectivity index (χ1) is 6.08. The van der Waals surface area contributed by atoms with Gasteiger partial charge in [-0.2, -0.15) is 0 Å². The second-order valence-corrected chi connectivity index (χ2v) is 3.88. The molecule has 3 atom stereocenters. The number of ether oxygens (including phenoxy) is 1. The van der Waals surface area contributed by atoms with E-state index in [1.54, 1.807) is 0 Å². The molecule has 0 aromatic heterocycles. The van der Waals surface area contributed by atoms with Crippen molar-refractivity contribution in [2.45, 2.75) is 24.3 Å². The molecular formula is C9H9ClO3. The molecule has 2 rings (SSSR count). The highest BCUT2D eigenvalue weighted by Gasteiger charge is 2.64. The highest BCUT2D eigenvalue weighted by molar-refractivity contribution is 6.36. The van der Waals surface area contributed by atoms with Crippen molar-refractivity contribution in [3.63, 3.8) is 0 Å². The maximum atomic E-state index is 11.5. The molecule has 0 saturated heterocycles. The average molecular weight is 201 g/mol. The molecule has 0 aromatic rings. The normalized spacial score (nSPS) is 41.2. The zero-order valence-electron chi connectivity index (χ0n) is 7.12. The number of ketones is 1. The highest BCUT2D eigenvalue weighted by atomic mass is 35.5. The molecule has 1 saturated carbocycles. The van der Waals surface area contributed by atoms with Gasteiger partial charge < -0.3 is 4.74 Å². The first kappa shape index (κ1) is 8.75. The third-order valence-electron chi connectivity index (χ3n) is 2.61. The Morgan fingerprint density at radius 3 is 3.08 bits per heavy atom. The van der Waals surface area contributed by atoms with E-state index >= 15 is 0 Å². The molecule has 0 aromatic carbocycles. The van der Waals surface area contributed by atoms with Gasteiger partial charge >= 0.3 is 5.97 Å². The van der Waals surface area contributed by atoms with E-state index < -0.39 is 16.9 Å². The van der Waals surface area contributed by atoms with E-state index in [0.717, 1.165) is 0 Å². The summed E-state index contributed by atoms with van der Waals surface area (Å²) < 4.78 is 5.04. The maximum absolute atomic E-state index is 11.5. The lowest BCUT2D eigenvalue weighted by Crippen LogP contribution is -2.64. The summed E-state index contributed by atoms with van der Waals surface area (Å²) in [7, 11) is 0. The van der Waals surface area contributed by atoms with Crippen molar-refractivity contribution in [3.8, 4) is 0 Å². The third-order valence-corrected chi connectivity index (χ3v) is 3.08. The summed E-state index contributed by atoms with van der Waals surface area (Å²) in [6.07, 6.45) is 4.16. The Morgan fingerprint density at radius 2 is 2.46 bits per heavy atom. The van der Waals surface area contributed by atoms with Crippen LogP contribution in [0.5, 0.6) is 0 Å². The van der Waals surface area contributed by atoms with Gasteiger partial charge in [-0.05, 0) is 0 Å². The smallest absolute Gasteiger partial charge is 0.303 e. The number of hydrogen-bond acceptors (Lipinski definition) is 3. The van der Waals surface area contributed by atoms with Crippen LogP contribution in [0.25, 0.3) is 0 Å². The van der Waals surface area contributed by atoms with E-state index in [2.05, 4.69) is 0 Å². The van der Waals surface area contributed by atoms with Crippen molar-refractivity contribution in [1.29, 1.82) is 0 Å². The van der Waals surface area contributed by atoms with Crippen LogP contribution >= 0.6 is 11.6 Å². The number of carbonyl (C=O) groups excluding carboxylic acids is 2. The number of esters is 1. The molecule has 2 aliphatic carbocycles. The van der Waals surface area contributed by atoms with Gasteiger partial charge in [0.1, 0.15) is 5.38 Å². The minimum atomic E-state index is -0.946. The Kier molecular flexibility index (Phi) is 1.74. The third kappa shape index (κ3) is 0.967. The summed E-state index contributed by atoms with van der Waals surface area (Å²) in [4.78, 5) is 22.2. The molecule has 0 radical (unpaired) electrons. The van der Waals surface area contributed by atoms with E-state index in [4.69, 9.17) is 16.3 Å². The molecule has 0 bridgehead atoms. The predicted octanol–water partition coefficient (Wildman–Crippen LogP) is 1.05. The lowest BCUT2D eigenvalue weighted by atomic mass is 9.69. The van der Waals surface area contributed by atoms with Gasteiger partial charge in [0.15, 0.2) is 11.4 Å². The summed E-state index contributed by atoms with van der Waals surface area (Å²) in [6.45, 7) is 1.30. The molecule has 13 heavy (non-hydrogen) atoms. The monoisotopic (exact) mass is 200 g/mol. The van der Waals surface area contributed by atoms with Crippen LogP contribution < -0.4 is 0 Å². The first-order valence-corrected chi connectivity index (χ1v) is 4.56. The second kappa shape index (κ2) is 2.58. The van der Waals surface area contributed by atoms with Crippen LogP contribution in [0.4, 0.5) is 0 Å². The van der Waals surface area contributed by atoms with Crippen molar-refractivity contribution in [2.75, 3.05) is 0 Å². The minimum Gasteiger partial charge on any atom is -0.450 e. The van der Waals surface area contributed by atoms with Crippen LogP contribution in [0.3, 0.4) is 0 Å². The molecular weight excluding hydrogens is 192 g/mol. The van der Waals surface area contributed by atoms with Crippen LogP contribution in [0.2, 0.25) is 0 Å². The molecule has 1 fully saturated rings. The van der Waals surface area contributed by atoms with Gasteiger partial charge in [0, 0.05) is 19.3 Å². The quantitative estimate of drug-likeness (QED) is 0.361. The number of fused-ring (bicyclic) bond motifs is 1. The fraction of sp³-hybridized carbons (Fsp3) is 0.556. The van der Waals surface area contributed by atoms with Crippen LogP contribution in [-0.2, 0) is 14.3 Å². The summed E-state index contributed by atoms with van der Waals surface area (Å²) in [5, 5.41) is -0.516. The summed E-state index contributed by atoms with van der Waals surface area (Å²) in [6, 6.07) is 0. The SMILES string of the molecule is CC(=O)O[C@]12CC=CC1[C@@H](Cl)C2=O. The van der Waals surface area contributed by atoms with Gasteiger partial charge in [-0.3, -0.25) is 9.59 Å². The maximum Gasteiger partial charge on any atom is 0.303 e. The van der Waals surface area contributed by atoms with Gasteiger partial charge in [-0.25, -0.2) is 0 Å². The number of carbonyl (C=O) groups is 2. The van der Waals surface area contributed by atoms with Gasteiger partial charge in [-0.1, -0.05) is 12.2 Å². The Morgan fingerprint density at radius 1 is 1.77 bits per heavy atom. The van der Waals surface area contributed by atoms with Crippen molar-refractivity contribution < 1.29 is 14.3 Å².